The van der Waals surface area contributed by atoms with Crippen molar-refractivity contribution in [2.45, 2.75) is 40.5 Å². The Morgan fingerprint density at radius 1 is 1.17 bits per heavy atom. The molecule has 3 heteroatoms. The maximum Gasteiger partial charge on any atom is 0.407 e. The largest absolute Gasteiger partial charge is 0.450 e. The van der Waals surface area contributed by atoms with E-state index in [1.54, 1.807) is 0 Å². The molecule has 0 aromatic heterocycles. The zero-order chi connectivity index (χ0) is 9.82. The number of alkyl carbamates (subject to hydrolysis) is 1. The Bertz CT molecular complexity index is 84.5. The highest BCUT2D eigenvalue weighted by Crippen LogP contribution is 1.93. The Kier molecular flexibility index (Phi) is 14.9. The fourth-order valence-electron chi connectivity index (χ4n) is 0.633. The number of hydrogen-bond donors (Lipinski definition) is 1. The molecule has 3 nitrogen and oxygen atoms in total. The summed E-state index contributed by atoms with van der Waals surface area (Å²) in [5.41, 5.74) is 0. The second-order valence-corrected chi connectivity index (χ2v) is 1.77. The van der Waals surface area contributed by atoms with Crippen molar-refractivity contribution in [3.8, 4) is 0 Å². The summed E-state index contributed by atoms with van der Waals surface area (Å²) in [6.07, 6.45) is 1.74. The fourth-order valence-corrected chi connectivity index (χ4v) is 0.633. The minimum absolute atomic E-state index is 0.275. The van der Waals surface area contributed by atoms with E-state index in [0.717, 1.165) is 19.4 Å². The summed E-state index contributed by atoms with van der Waals surface area (Å²) in [4.78, 5) is 10.3. The first-order chi connectivity index (χ1) is 5.89. The average Bonchev–Trinajstić information content (AvgIpc) is 2.40. The minimum atomic E-state index is -0.275. The lowest BCUT2D eigenvalue weighted by molar-refractivity contribution is 0.153. The molecule has 0 unspecified atom stereocenters. The van der Waals surface area contributed by atoms with Crippen molar-refractivity contribution in [3.63, 3.8) is 0 Å². The van der Waals surface area contributed by atoms with Crippen LogP contribution in [0.2, 0.25) is 0 Å². The molecule has 0 atom stereocenters. The first kappa shape index (κ1) is 13.8. The molecule has 1 saturated heterocycles. The summed E-state index contributed by atoms with van der Waals surface area (Å²) < 4.78 is 4.65. The third-order valence-electron chi connectivity index (χ3n) is 1.07. The Morgan fingerprint density at radius 2 is 1.75 bits per heavy atom. The van der Waals surface area contributed by atoms with Gasteiger partial charge in [-0.2, -0.15) is 0 Å². The SMILES string of the molecule is CC.CC.O=C1NCCCCO1. The molecule has 1 fully saturated rings. The quantitative estimate of drug-likeness (QED) is 0.614. The number of carbonyl (C=O) groups is 1. The maximum absolute atomic E-state index is 10.3. The van der Waals surface area contributed by atoms with Crippen LogP contribution in [-0.4, -0.2) is 19.2 Å². The number of ether oxygens (including phenoxy) is 1. The molecule has 1 rings (SSSR count). The Labute approximate surface area is 75.5 Å². The molecular formula is C9H21NO2. The molecule has 1 N–H and O–H groups in total. The Morgan fingerprint density at radius 3 is 2.33 bits per heavy atom. The highest BCUT2D eigenvalue weighted by molar-refractivity contribution is 5.67. The van der Waals surface area contributed by atoms with Gasteiger partial charge >= 0.3 is 6.09 Å². The van der Waals surface area contributed by atoms with Crippen molar-refractivity contribution in [1.29, 1.82) is 0 Å². The highest BCUT2D eigenvalue weighted by Gasteiger charge is 2.03. The van der Waals surface area contributed by atoms with Gasteiger partial charge in [-0.25, -0.2) is 4.79 Å². The van der Waals surface area contributed by atoms with Crippen LogP contribution in [0.25, 0.3) is 0 Å². The van der Waals surface area contributed by atoms with Gasteiger partial charge in [-0.3, -0.25) is 0 Å². The summed E-state index contributed by atoms with van der Waals surface area (Å²) in [6, 6.07) is 0. The van der Waals surface area contributed by atoms with Gasteiger partial charge < -0.3 is 10.1 Å². The van der Waals surface area contributed by atoms with Gasteiger partial charge in [-0.1, -0.05) is 27.7 Å². The lowest BCUT2D eigenvalue weighted by Crippen LogP contribution is -2.21. The third-order valence-corrected chi connectivity index (χ3v) is 1.07. The van der Waals surface area contributed by atoms with Crippen LogP contribution in [0, 0.1) is 0 Å². The van der Waals surface area contributed by atoms with Crippen LogP contribution < -0.4 is 5.32 Å². The Hall–Kier alpha value is -0.730. The van der Waals surface area contributed by atoms with E-state index in [9.17, 15) is 4.79 Å². The van der Waals surface area contributed by atoms with Crippen LogP contribution in [0.15, 0.2) is 0 Å². The predicted molar refractivity (Wildman–Crippen MR) is 51.3 cm³/mol. The molecule has 0 aliphatic carbocycles. The number of nitrogens with one attached hydrogen (secondary N) is 1. The number of carbonyl (C=O) groups excluding carboxylic acids is 1. The van der Waals surface area contributed by atoms with Crippen molar-refractivity contribution in [1.82, 2.24) is 5.32 Å². The highest BCUT2D eigenvalue weighted by atomic mass is 16.5. The van der Waals surface area contributed by atoms with Crippen LogP contribution in [0.3, 0.4) is 0 Å². The van der Waals surface area contributed by atoms with Crippen molar-refractivity contribution in [2.75, 3.05) is 13.2 Å². The second-order valence-electron chi connectivity index (χ2n) is 1.77. The molecule has 0 aromatic carbocycles. The Balaban J connectivity index is 0. The van der Waals surface area contributed by atoms with E-state index >= 15 is 0 Å². The molecular weight excluding hydrogens is 154 g/mol. The van der Waals surface area contributed by atoms with Crippen molar-refractivity contribution < 1.29 is 9.53 Å². The average molecular weight is 175 g/mol. The van der Waals surface area contributed by atoms with Gasteiger partial charge in [0.05, 0.1) is 6.61 Å². The van der Waals surface area contributed by atoms with Gasteiger partial charge in [0.1, 0.15) is 0 Å². The van der Waals surface area contributed by atoms with E-state index in [0.29, 0.717) is 6.61 Å². The zero-order valence-electron chi connectivity index (χ0n) is 8.64. The minimum Gasteiger partial charge on any atom is -0.450 e. The summed E-state index contributed by atoms with van der Waals surface area (Å²) in [6.45, 7) is 9.34. The van der Waals surface area contributed by atoms with E-state index < -0.39 is 0 Å². The van der Waals surface area contributed by atoms with Gasteiger partial charge in [0.15, 0.2) is 0 Å². The van der Waals surface area contributed by atoms with Crippen LogP contribution >= 0.6 is 0 Å². The topological polar surface area (TPSA) is 38.3 Å². The number of cyclic esters (lactones) is 1. The van der Waals surface area contributed by atoms with Crippen LogP contribution in [-0.2, 0) is 4.74 Å². The van der Waals surface area contributed by atoms with Crippen molar-refractivity contribution in [2.24, 2.45) is 0 Å². The maximum atomic E-state index is 10.3. The summed E-state index contributed by atoms with van der Waals surface area (Å²) >= 11 is 0. The third kappa shape index (κ3) is 9.27. The normalized spacial score (nSPS) is 14.8. The van der Waals surface area contributed by atoms with E-state index in [1.165, 1.54) is 0 Å². The molecule has 74 valence electrons. The predicted octanol–water partition coefficient (Wildman–Crippen LogP) is 2.56. The lowest BCUT2D eigenvalue weighted by Gasteiger charge is -1.95. The van der Waals surface area contributed by atoms with Crippen molar-refractivity contribution in [3.05, 3.63) is 0 Å². The van der Waals surface area contributed by atoms with Crippen LogP contribution in [0.4, 0.5) is 4.79 Å². The molecule has 12 heavy (non-hydrogen) atoms. The number of rotatable bonds is 0. The molecule has 1 aliphatic rings. The van der Waals surface area contributed by atoms with E-state index in [-0.39, 0.29) is 6.09 Å². The summed E-state index contributed by atoms with van der Waals surface area (Å²) in [7, 11) is 0. The van der Waals surface area contributed by atoms with Gasteiger partial charge in [-0.15, -0.1) is 0 Å². The zero-order valence-corrected chi connectivity index (χ0v) is 8.64. The van der Waals surface area contributed by atoms with Gasteiger partial charge in [-0.05, 0) is 12.8 Å². The van der Waals surface area contributed by atoms with E-state index in [1.807, 2.05) is 27.7 Å². The van der Waals surface area contributed by atoms with E-state index in [4.69, 9.17) is 0 Å². The monoisotopic (exact) mass is 175 g/mol. The number of hydrogen-bond acceptors (Lipinski definition) is 2. The van der Waals surface area contributed by atoms with Gasteiger partial charge in [0.25, 0.3) is 0 Å². The lowest BCUT2D eigenvalue weighted by atomic mass is 10.3. The first-order valence-electron chi connectivity index (χ1n) is 4.80. The molecule has 1 heterocycles. The first-order valence-corrected chi connectivity index (χ1v) is 4.80. The molecule has 1 aliphatic heterocycles. The van der Waals surface area contributed by atoms with Gasteiger partial charge in [0.2, 0.25) is 0 Å². The van der Waals surface area contributed by atoms with Crippen LogP contribution in [0.1, 0.15) is 40.5 Å². The molecule has 0 saturated carbocycles. The summed E-state index contributed by atoms with van der Waals surface area (Å²) in [5.74, 6) is 0. The standard InChI is InChI=1S/C5H9NO2.2C2H6/c7-5-6-3-1-2-4-8-5;2*1-2/h1-4H2,(H,6,7);2*1-2H3. The molecule has 0 spiro atoms. The molecule has 1 amide bonds. The van der Waals surface area contributed by atoms with E-state index in [2.05, 4.69) is 10.1 Å². The molecule has 0 radical (unpaired) electrons. The smallest absolute Gasteiger partial charge is 0.407 e. The number of amides is 1. The van der Waals surface area contributed by atoms with Crippen molar-refractivity contribution >= 4 is 6.09 Å². The molecule has 0 aromatic rings. The fraction of sp³-hybridized carbons (Fsp3) is 0.889. The van der Waals surface area contributed by atoms with Crippen LogP contribution in [0.5, 0.6) is 0 Å². The van der Waals surface area contributed by atoms with Gasteiger partial charge in [0, 0.05) is 6.54 Å². The second kappa shape index (κ2) is 12.9. The summed E-state index contributed by atoms with van der Waals surface area (Å²) in [5, 5.41) is 2.58. The molecule has 0 bridgehead atoms.